The van der Waals surface area contributed by atoms with Crippen LogP contribution in [-0.4, -0.2) is 103 Å². The zero-order valence-electron chi connectivity index (χ0n) is 25.5. The molecule has 0 unspecified atom stereocenters. The second-order valence-electron chi connectivity index (χ2n) is 8.10. The monoisotopic (exact) mass is 592 g/mol. The third-order valence-corrected chi connectivity index (χ3v) is 24.3. The van der Waals surface area contributed by atoms with Crippen LogP contribution in [0.4, 0.5) is 0 Å². The molecule has 0 aromatic carbocycles. The summed E-state index contributed by atoms with van der Waals surface area (Å²) in [4.78, 5) is 0. The molecule has 36 heavy (non-hydrogen) atoms. The Bertz CT molecular complexity index is 461. The highest BCUT2D eigenvalue weighted by Gasteiger charge is 2.63. The van der Waals surface area contributed by atoms with Crippen LogP contribution in [0.2, 0.25) is 23.4 Å². The van der Waals surface area contributed by atoms with Gasteiger partial charge in [-0.3, -0.25) is 0 Å². The lowest BCUT2D eigenvalue weighted by molar-refractivity contribution is 0.0349. The maximum absolute atomic E-state index is 6.01. The molecule has 0 aromatic rings. The quantitative estimate of drug-likeness (QED) is 0.186. The zero-order valence-corrected chi connectivity index (χ0v) is 29.5. The van der Waals surface area contributed by atoms with Crippen molar-refractivity contribution in [2.24, 2.45) is 0 Å². The summed E-state index contributed by atoms with van der Waals surface area (Å²) in [5.74, 6) is 0. The molecule has 0 saturated carbocycles. The Morgan fingerprint density at radius 1 is 0.417 bits per heavy atom. The van der Waals surface area contributed by atoms with Crippen molar-refractivity contribution in [1.29, 1.82) is 0 Å². The van der Waals surface area contributed by atoms with Crippen molar-refractivity contribution in [2.45, 2.75) is 78.8 Å². The van der Waals surface area contributed by atoms with E-state index in [1.165, 1.54) is 0 Å². The molecule has 0 aliphatic rings. The maximum atomic E-state index is 6.01. The first-order chi connectivity index (χ1) is 16.9. The van der Waals surface area contributed by atoms with Gasteiger partial charge in [0, 0.05) is 73.2 Å². The summed E-state index contributed by atoms with van der Waals surface area (Å²) in [6, 6.07) is 0. The van der Waals surface area contributed by atoms with E-state index < -0.39 is 34.7 Å². The predicted octanol–water partition coefficient (Wildman–Crippen LogP) is 4.66. The Kier molecular flexibility index (Phi) is 20.9. The molecular formula is C22H56O10Si4. The summed E-state index contributed by atoms with van der Waals surface area (Å²) in [6.45, 7) is 22.9. The highest BCUT2D eigenvalue weighted by atomic mass is 28.5. The highest BCUT2D eigenvalue weighted by Crippen LogP contribution is 2.37. The highest BCUT2D eigenvalue weighted by molar-refractivity contribution is 6.87. The molecule has 0 radical (unpaired) electrons. The molecule has 220 valence electrons. The Morgan fingerprint density at radius 3 is 0.750 bits per heavy atom. The van der Waals surface area contributed by atoms with Gasteiger partial charge in [0.25, 0.3) is 0 Å². The van der Waals surface area contributed by atoms with Crippen LogP contribution in [0.25, 0.3) is 0 Å². The van der Waals surface area contributed by atoms with Gasteiger partial charge in [0.15, 0.2) is 0 Å². The van der Waals surface area contributed by atoms with E-state index in [-0.39, 0.29) is 10.3 Å². The molecule has 10 nitrogen and oxygen atoms in total. The molecule has 0 aliphatic carbocycles. The van der Waals surface area contributed by atoms with Crippen molar-refractivity contribution in [3.8, 4) is 0 Å². The first-order valence-corrected chi connectivity index (χ1v) is 21.4. The molecule has 0 atom stereocenters. The molecule has 0 spiro atoms. The van der Waals surface area contributed by atoms with E-state index in [9.17, 15) is 0 Å². The van der Waals surface area contributed by atoms with Gasteiger partial charge in [-0.25, -0.2) is 0 Å². The molecule has 14 heteroatoms. The van der Waals surface area contributed by atoms with Crippen molar-refractivity contribution in [3.63, 3.8) is 0 Å². The van der Waals surface area contributed by atoms with E-state index in [2.05, 4.69) is 6.92 Å². The van der Waals surface area contributed by atoms with Crippen LogP contribution in [0.1, 0.15) is 55.4 Å². The van der Waals surface area contributed by atoms with Gasteiger partial charge in [-0.2, -0.15) is 0 Å². The van der Waals surface area contributed by atoms with Crippen LogP contribution in [0.3, 0.4) is 0 Å². The lowest BCUT2D eigenvalue weighted by Crippen LogP contribution is -2.63. The molecular weight excluding hydrogens is 537 g/mol. The van der Waals surface area contributed by atoms with Crippen LogP contribution in [0.15, 0.2) is 0 Å². The third kappa shape index (κ3) is 10.6. The van der Waals surface area contributed by atoms with Gasteiger partial charge < -0.3 is 44.3 Å². The summed E-state index contributed by atoms with van der Waals surface area (Å²) in [5, 5.41) is 0.0275. The van der Waals surface area contributed by atoms with Crippen molar-refractivity contribution < 1.29 is 44.3 Å². The van der Waals surface area contributed by atoms with Gasteiger partial charge in [0.1, 0.15) is 0 Å². The minimum absolute atomic E-state index is 0.181. The summed E-state index contributed by atoms with van der Waals surface area (Å²) < 4.78 is 58.0. The fourth-order valence-electron chi connectivity index (χ4n) is 3.77. The minimum atomic E-state index is -2.96. The SMILES string of the molecule is CCO[Si](OCC)(OCC)C(C)[Si](OCC)(OCC)OCC.CO[Si](C)(OC)C(C)[Si](C)(OC)OC. The van der Waals surface area contributed by atoms with Crippen LogP contribution < -0.4 is 0 Å². The third-order valence-electron chi connectivity index (χ3n) is 6.33. The molecule has 0 rings (SSSR count). The largest absolute Gasteiger partial charge is 0.508 e. The smallest absolute Gasteiger partial charge is 0.398 e. The summed E-state index contributed by atoms with van der Waals surface area (Å²) in [7, 11) is -3.50. The molecule has 0 fully saturated rings. The average Bonchev–Trinajstić information content (AvgIpc) is 2.88. The normalized spacial score (nSPS) is 13.3. The molecule has 0 heterocycles. The van der Waals surface area contributed by atoms with E-state index in [1.807, 2.05) is 61.6 Å². The van der Waals surface area contributed by atoms with E-state index in [0.717, 1.165) is 0 Å². The minimum Gasteiger partial charge on any atom is -0.398 e. The Morgan fingerprint density at radius 2 is 0.611 bits per heavy atom. The second kappa shape index (κ2) is 19.5. The van der Waals surface area contributed by atoms with Gasteiger partial charge in [-0.05, 0) is 54.6 Å². The predicted molar refractivity (Wildman–Crippen MR) is 151 cm³/mol. The summed E-state index contributed by atoms with van der Waals surface area (Å²) in [6.07, 6.45) is 0. The maximum Gasteiger partial charge on any atom is 0.508 e. The lowest BCUT2D eigenvalue weighted by Gasteiger charge is -2.40. The van der Waals surface area contributed by atoms with E-state index >= 15 is 0 Å². The van der Waals surface area contributed by atoms with E-state index in [0.29, 0.717) is 39.6 Å². The summed E-state index contributed by atoms with van der Waals surface area (Å²) >= 11 is 0. The fraction of sp³-hybridized carbons (Fsp3) is 1.00. The molecule has 0 aromatic heterocycles. The topological polar surface area (TPSA) is 92.3 Å². The van der Waals surface area contributed by atoms with E-state index in [1.54, 1.807) is 28.4 Å². The van der Waals surface area contributed by atoms with Gasteiger partial charge in [-0.15, -0.1) is 0 Å². The Balaban J connectivity index is 0. The molecule has 0 saturated heterocycles. The van der Waals surface area contributed by atoms with Crippen molar-refractivity contribution in [1.82, 2.24) is 0 Å². The first-order valence-electron chi connectivity index (χ1n) is 13.0. The van der Waals surface area contributed by atoms with E-state index in [4.69, 9.17) is 44.3 Å². The first kappa shape index (κ1) is 38.6. The number of hydrogen-bond donors (Lipinski definition) is 0. The van der Waals surface area contributed by atoms with Gasteiger partial charge in [0.05, 0.1) is 5.16 Å². The molecule has 0 N–H and O–H groups in total. The summed E-state index contributed by atoms with van der Waals surface area (Å²) in [5.41, 5.74) is 0. The van der Waals surface area contributed by atoms with Crippen molar-refractivity contribution in [3.05, 3.63) is 0 Å². The molecule has 0 aliphatic heterocycles. The van der Waals surface area contributed by atoms with Crippen molar-refractivity contribution >= 4 is 34.7 Å². The lowest BCUT2D eigenvalue weighted by atomic mass is 10.9. The number of hydrogen-bond acceptors (Lipinski definition) is 10. The number of rotatable bonds is 20. The average molecular weight is 593 g/mol. The van der Waals surface area contributed by atoms with Gasteiger partial charge in [0.2, 0.25) is 0 Å². The zero-order chi connectivity index (χ0) is 28.5. The Labute approximate surface area is 225 Å². The van der Waals surface area contributed by atoms with Crippen molar-refractivity contribution in [2.75, 3.05) is 68.1 Å². The van der Waals surface area contributed by atoms with Gasteiger partial charge >= 0.3 is 34.7 Å². The van der Waals surface area contributed by atoms with Crippen LogP contribution >= 0.6 is 0 Å². The molecule has 0 amide bonds. The second-order valence-corrected chi connectivity index (χ2v) is 22.6. The molecule has 0 bridgehead atoms. The van der Waals surface area contributed by atoms with Crippen LogP contribution in [-0.2, 0) is 44.3 Å². The Hall–Kier alpha value is 0.468. The van der Waals surface area contributed by atoms with Gasteiger partial charge in [-0.1, -0.05) is 13.8 Å². The fourth-order valence-corrected chi connectivity index (χ4v) is 18.4. The van der Waals surface area contributed by atoms with Crippen LogP contribution in [0, 0.1) is 0 Å². The standard InChI is InChI=1S/C14H34O6Si2.C8H22O4Si2/c1-8-15-21(16-9-2,17-10-3)14(7)22(18-11-4,19-12-5)20-13-6;1-8(13(6,9-2)10-3)14(7,11-4)12-5/h14H,8-13H2,1-7H3;8H,1-7H3. The van der Waals surface area contributed by atoms with Crippen LogP contribution in [0.5, 0.6) is 0 Å².